The van der Waals surface area contributed by atoms with Gasteiger partial charge in [0, 0.05) is 23.7 Å². The third-order valence-electron chi connectivity index (χ3n) is 3.76. The highest BCUT2D eigenvalue weighted by atomic mass is 35.5. The SMILES string of the molecule is N#Cc1c(N/N=C/c2ccc(Cl)cc2Cl)nc(N)nc1N1CCCC1. The molecule has 1 aliphatic heterocycles. The summed E-state index contributed by atoms with van der Waals surface area (Å²) in [6, 6.07) is 7.21. The number of nitrogens with one attached hydrogen (secondary N) is 1. The number of nitrogens with zero attached hydrogens (tertiary/aromatic N) is 5. The zero-order valence-corrected chi connectivity index (χ0v) is 14.7. The second kappa shape index (κ2) is 7.55. The Morgan fingerprint density at radius 3 is 2.72 bits per heavy atom. The molecule has 0 unspecified atom stereocenters. The number of halogens is 2. The van der Waals surface area contributed by atoms with E-state index in [4.69, 9.17) is 28.9 Å². The Hall–Kier alpha value is -2.56. The van der Waals surface area contributed by atoms with Gasteiger partial charge in [0.25, 0.3) is 0 Å². The average molecular weight is 376 g/mol. The van der Waals surface area contributed by atoms with E-state index in [1.54, 1.807) is 18.2 Å². The number of aromatic nitrogens is 2. The third kappa shape index (κ3) is 3.92. The maximum Gasteiger partial charge on any atom is 0.224 e. The molecule has 1 aromatic heterocycles. The van der Waals surface area contributed by atoms with Crippen molar-refractivity contribution < 1.29 is 0 Å². The molecule has 0 saturated carbocycles. The molecule has 1 aromatic carbocycles. The lowest BCUT2D eigenvalue weighted by Gasteiger charge is -2.18. The molecule has 2 aromatic rings. The topological polar surface area (TPSA) is 103 Å². The van der Waals surface area contributed by atoms with Gasteiger partial charge >= 0.3 is 0 Å². The minimum absolute atomic E-state index is 0.0862. The number of nitriles is 1. The molecular weight excluding hydrogens is 361 g/mol. The Morgan fingerprint density at radius 2 is 2.04 bits per heavy atom. The molecule has 1 saturated heterocycles. The van der Waals surface area contributed by atoms with E-state index in [2.05, 4.69) is 26.6 Å². The van der Waals surface area contributed by atoms with Gasteiger partial charge < -0.3 is 10.6 Å². The summed E-state index contributed by atoms with van der Waals surface area (Å²) in [5.74, 6) is 0.885. The van der Waals surface area contributed by atoms with Crippen LogP contribution in [0.1, 0.15) is 24.0 Å². The van der Waals surface area contributed by atoms with Gasteiger partial charge in [0.05, 0.1) is 11.2 Å². The van der Waals surface area contributed by atoms with Crippen LogP contribution in [0.2, 0.25) is 10.0 Å². The van der Waals surface area contributed by atoms with E-state index in [0.29, 0.717) is 27.0 Å². The van der Waals surface area contributed by atoms with Gasteiger partial charge in [-0.1, -0.05) is 29.3 Å². The molecule has 0 bridgehead atoms. The maximum atomic E-state index is 9.52. The van der Waals surface area contributed by atoms with Crippen molar-refractivity contribution in [1.82, 2.24) is 9.97 Å². The quantitative estimate of drug-likeness (QED) is 0.627. The van der Waals surface area contributed by atoms with Crippen molar-refractivity contribution in [3.8, 4) is 6.07 Å². The smallest absolute Gasteiger partial charge is 0.224 e. The summed E-state index contributed by atoms with van der Waals surface area (Å²) in [5.41, 5.74) is 9.54. The van der Waals surface area contributed by atoms with Gasteiger partial charge in [-0.05, 0) is 25.0 Å². The number of nitrogen functional groups attached to an aromatic ring is 1. The molecule has 0 atom stereocenters. The second-order valence-electron chi connectivity index (χ2n) is 5.47. The van der Waals surface area contributed by atoms with Gasteiger partial charge in [-0.15, -0.1) is 0 Å². The fraction of sp³-hybridized carbons (Fsp3) is 0.250. The predicted octanol–water partition coefficient (Wildman–Crippen LogP) is 3.28. The van der Waals surface area contributed by atoms with Crippen LogP contribution in [0.4, 0.5) is 17.6 Å². The van der Waals surface area contributed by atoms with E-state index >= 15 is 0 Å². The second-order valence-corrected chi connectivity index (χ2v) is 6.31. The first-order valence-corrected chi connectivity index (χ1v) is 8.41. The van der Waals surface area contributed by atoms with Crippen molar-refractivity contribution in [2.45, 2.75) is 12.8 Å². The zero-order chi connectivity index (χ0) is 17.8. The van der Waals surface area contributed by atoms with Crippen LogP contribution in [-0.2, 0) is 0 Å². The van der Waals surface area contributed by atoms with Crippen LogP contribution in [0.15, 0.2) is 23.3 Å². The molecule has 25 heavy (non-hydrogen) atoms. The van der Waals surface area contributed by atoms with Gasteiger partial charge in [-0.25, -0.2) is 0 Å². The lowest BCUT2D eigenvalue weighted by molar-refractivity contribution is 0.926. The molecule has 7 nitrogen and oxygen atoms in total. The van der Waals surface area contributed by atoms with Crippen LogP contribution >= 0.6 is 23.2 Å². The minimum Gasteiger partial charge on any atom is -0.368 e. The molecule has 0 radical (unpaired) electrons. The summed E-state index contributed by atoms with van der Waals surface area (Å²) < 4.78 is 0. The molecule has 1 aliphatic rings. The van der Waals surface area contributed by atoms with Gasteiger partial charge in [-0.2, -0.15) is 20.3 Å². The number of hydrogen-bond donors (Lipinski definition) is 2. The Balaban J connectivity index is 1.86. The number of anilines is 3. The summed E-state index contributed by atoms with van der Waals surface area (Å²) in [7, 11) is 0. The molecule has 1 fully saturated rings. The summed E-state index contributed by atoms with van der Waals surface area (Å²) >= 11 is 12.0. The van der Waals surface area contributed by atoms with Crippen LogP contribution in [0.5, 0.6) is 0 Å². The molecule has 3 N–H and O–H groups in total. The zero-order valence-electron chi connectivity index (χ0n) is 13.2. The van der Waals surface area contributed by atoms with E-state index in [1.807, 2.05) is 4.90 Å². The van der Waals surface area contributed by atoms with Crippen molar-refractivity contribution in [2.24, 2.45) is 5.10 Å². The van der Waals surface area contributed by atoms with E-state index in [0.717, 1.165) is 25.9 Å². The molecular formula is C16H15Cl2N7. The molecule has 0 aliphatic carbocycles. The number of hydrogen-bond acceptors (Lipinski definition) is 7. The van der Waals surface area contributed by atoms with E-state index in [9.17, 15) is 5.26 Å². The number of nitrogens with two attached hydrogens (primary N) is 1. The molecule has 2 heterocycles. The molecule has 0 spiro atoms. The number of rotatable bonds is 4. The molecule has 9 heteroatoms. The van der Waals surface area contributed by atoms with Gasteiger partial charge in [-0.3, -0.25) is 5.43 Å². The van der Waals surface area contributed by atoms with Crippen molar-refractivity contribution in [1.29, 1.82) is 5.26 Å². The number of benzene rings is 1. The molecule has 128 valence electrons. The van der Waals surface area contributed by atoms with Crippen molar-refractivity contribution >= 4 is 47.0 Å². The maximum absolute atomic E-state index is 9.52. The fourth-order valence-electron chi connectivity index (χ4n) is 2.58. The highest BCUT2D eigenvalue weighted by Gasteiger charge is 2.21. The van der Waals surface area contributed by atoms with E-state index in [-0.39, 0.29) is 11.8 Å². The normalized spacial score (nSPS) is 14.0. The first-order valence-electron chi connectivity index (χ1n) is 7.65. The van der Waals surface area contributed by atoms with E-state index in [1.165, 1.54) is 6.21 Å². The van der Waals surface area contributed by atoms with Crippen LogP contribution < -0.4 is 16.1 Å². The van der Waals surface area contributed by atoms with Crippen LogP contribution in [0, 0.1) is 11.3 Å². The monoisotopic (exact) mass is 375 g/mol. The Kier molecular flexibility index (Phi) is 5.22. The summed E-state index contributed by atoms with van der Waals surface area (Å²) in [6.45, 7) is 1.68. The van der Waals surface area contributed by atoms with E-state index < -0.39 is 0 Å². The summed E-state index contributed by atoms with van der Waals surface area (Å²) in [6.07, 6.45) is 3.64. The predicted molar refractivity (Wildman–Crippen MR) is 100 cm³/mol. The van der Waals surface area contributed by atoms with Crippen molar-refractivity contribution in [3.63, 3.8) is 0 Å². The van der Waals surface area contributed by atoms with Crippen LogP contribution in [0.25, 0.3) is 0 Å². The molecule has 0 amide bonds. The van der Waals surface area contributed by atoms with Crippen molar-refractivity contribution in [3.05, 3.63) is 39.4 Å². The Bertz CT molecular complexity index is 854. The Labute approximate surface area is 155 Å². The van der Waals surface area contributed by atoms with Gasteiger partial charge in [0.15, 0.2) is 11.6 Å². The van der Waals surface area contributed by atoms with Gasteiger partial charge in [0.2, 0.25) is 5.95 Å². The van der Waals surface area contributed by atoms with Crippen LogP contribution in [-0.4, -0.2) is 29.3 Å². The highest BCUT2D eigenvalue weighted by molar-refractivity contribution is 6.36. The first-order chi connectivity index (χ1) is 12.1. The Morgan fingerprint density at radius 1 is 1.28 bits per heavy atom. The fourth-order valence-corrected chi connectivity index (χ4v) is 3.03. The number of hydrazone groups is 1. The molecule has 3 rings (SSSR count). The standard InChI is InChI=1S/C16H15Cl2N7/c17-11-4-3-10(13(18)7-11)9-21-24-14-12(8-19)15(23-16(20)22-14)25-5-1-2-6-25/h3-4,7,9H,1-2,5-6H2,(H3,20,22,23,24)/b21-9+. The average Bonchev–Trinajstić information content (AvgIpc) is 3.11. The lowest BCUT2D eigenvalue weighted by atomic mass is 10.2. The summed E-state index contributed by atoms with van der Waals surface area (Å²) in [5, 5.41) is 14.6. The largest absolute Gasteiger partial charge is 0.368 e. The third-order valence-corrected chi connectivity index (χ3v) is 4.32. The lowest BCUT2D eigenvalue weighted by Crippen LogP contribution is -2.22. The summed E-state index contributed by atoms with van der Waals surface area (Å²) in [4.78, 5) is 10.3. The first kappa shape index (κ1) is 17.3. The van der Waals surface area contributed by atoms with Crippen molar-refractivity contribution in [2.75, 3.05) is 29.1 Å². The van der Waals surface area contributed by atoms with Crippen LogP contribution in [0.3, 0.4) is 0 Å². The highest BCUT2D eigenvalue weighted by Crippen LogP contribution is 2.27. The minimum atomic E-state index is 0.0862. The van der Waals surface area contributed by atoms with Gasteiger partial charge in [0.1, 0.15) is 11.6 Å².